The Kier molecular flexibility index (Phi) is 4.12. The molecule has 0 aromatic carbocycles. The van der Waals surface area contributed by atoms with Crippen LogP contribution >= 0.6 is 0 Å². The van der Waals surface area contributed by atoms with Crippen molar-refractivity contribution in [2.24, 2.45) is 40.4 Å². The minimum Gasteiger partial charge on any atom is -0.458 e. The number of allylic oxidation sites excluding steroid dienone is 4. The van der Waals surface area contributed by atoms with Gasteiger partial charge in [0.15, 0.2) is 12.4 Å². The smallest absolute Gasteiger partial charge is 0.303 e. The molecular weight excluding hydrogens is 384 g/mol. The van der Waals surface area contributed by atoms with Gasteiger partial charge in [-0.1, -0.05) is 25.5 Å². The molecule has 0 aromatic rings. The second kappa shape index (κ2) is 6.13. The summed E-state index contributed by atoms with van der Waals surface area (Å²) in [6.07, 6.45) is 7.39. The van der Waals surface area contributed by atoms with Crippen molar-refractivity contribution in [1.82, 2.24) is 0 Å². The average molecular weight is 414 g/mol. The Hall–Kier alpha value is -1.79. The van der Waals surface area contributed by atoms with Crippen LogP contribution in [0.15, 0.2) is 23.8 Å². The number of rotatable bonds is 3. The summed E-state index contributed by atoms with van der Waals surface area (Å²) >= 11 is 0. The Bertz CT molecular complexity index is 903. The third-order valence-corrected chi connectivity index (χ3v) is 9.29. The van der Waals surface area contributed by atoms with Crippen LogP contribution in [-0.4, -0.2) is 46.1 Å². The van der Waals surface area contributed by atoms with E-state index >= 15 is 0 Å². The van der Waals surface area contributed by atoms with E-state index in [0.29, 0.717) is 6.42 Å². The Morgan fingerprint density at radius 1 is 1.23 bits per heavy atom. The van der Waals surface area contributed by atoms with Crippen LogP contribution in [-0.2, 0) is 19.1 Å². The Morgan fingerprint density at radius 2 is 1.97 bits per heavy atom. The molecule has 0 spiro atoms. The zero-order chi connectivity index (χ0) is 21.6. The van der Waals surface area contributed by atoms with Crippen LogP contribution < -0.4 is 0 Å². The summed E-state index contributed by atoms with van der Waals surface area (Å²) in [5.74, 6) is -0.584. The van der Waals surface area contributed by atoms with E-state index in [1.807, 2.05) is 13.0 Å². The summed E-state index contributed by atoms with van der Waals surface area (Å²) in [7, 11) is 0. The van der Waals surface area contributed by atoms with Gasteiger partial charge in [-0.15, -0.1) is 0 Å². The number of Topliss-reactive ketones (excluding diaryl/α,β-unsaturated/α-hetero) is 1. The highest BCUT2D eigenvalue weighted by Crippen LogP contribution is 2.76. The number of esters is 1. The largest absolute Gasteiger partial charge is 0.458 e. The zero-order valence-electron chi connectivity index (χ0n) is 17.8. The molecule has 0 aliphatic heterocycles. The van der Waals surface area contributed by atoms with E-state index in [4.69, 9.17) is 4.74 Å². The first kappa shape index (κ1) is 20.1. The molecule has 5 aliphatic rings. The van der Waals surface area contributed by atoms with Crippen molar-refractivity contribution in [3.63, 3.8) is 0 Å². The van der Waals surface area contributed by atoms with Gasteiger partial charge < -0.3 is 14.9 Å². The summed E-state index contributed by atoms with van der Waals surface area (Å²) in [4.78, 5) is 36.2. The third kappa shape index (κ3) is 2.35. The average Bonchev–Trinajstić information content (AvgIpc) is 3.42. The molecule has 6 heteroatoms. The van der Waals surface area contributed by atoms with Gasteiger partial charge in [0, 0.05) is 23.7 Å². The third-order valence-electron chi connectivity index (χ3n) is 9.29. The quantitative estimate of drug-likeness (QED) is 0.685. The van der Waals surface area contributed by atoms with E-state index in [-0.39, 0.29) is 40.8 Å². The predicted octanol–water partition coefficient (Wildman–Crippen LogP) is 1.98. The van der Waals surface area contributed by atoms with Crippen LogP contribution in [0.2, 0.25) is 0 Å². The van der Waals surface area contributed by atoms with E-state index in [2.05, 4.69) is 6.92 Å². The van der Waals surface area contributed by atoms with E-state index in [0.717, 1.165) is 24.8 Å². The molecule has 0 heterocycles. The molecule has 5 rings (SSSR count). The molecule has 162 valence electrons. The number of aliphatic hydroxyl groups excluding tert-OH is 1. The van der Waals surface area contributed by atoms with Gasteiger partial charge >= 0.3 is 5.97 Å². The molecular formula is C24H30O6. The second-order valence-electron chi connectivity index (χ2n) is 10.6. The van der Waals surface area contributed by atoms with Gasteiger partial charge in [-0.3, -0.25) is 14.4 Å². The van der Waals surface area contributed by atoms with Crippen LogP contribution in [0.4, 0.5) is 0 Å². The van der Waals surface area contributed by atoms with Gasteiger partial charge in [0.25, 0.3) is 0 Å². The van der Waals surface area contributed by atoms with Gasteiger partial charge in [-0.2, -0.15) is 0 Å². The standard InChI is InChI=1S/C24H30O6/c1-12(25)30-11-19(28)24(29)17-9-16(17)20-15-5-4-13-8-14(26)6-7-22(13,2)21(15)18(27)10-23(20,24)3/h6-8,15-18,20-21,27,29H,4-5,9-11H2,1-3H3/t15-,16-,17+,18+,20+,21+,22-,23-,24-/m0/s1. The predicted molar refractivity (Wildman–Crippen MR) is 107 cm³/mol. The number of ketones is 2. The SMILES string of the molecule is CC(=O)OCC(=O)[C@@]1(O)[C@@H]2C[C@@H]2[C@H]2[C@@H]3CCC4=CC(=O)C=C[C@]4(C)[C@H]3[C@H](O)C[C@@]21C. The molecule has 0 amide bonds. The van der Waals surface area contributed by atoms with E-state index < -0.39 is 35.5 Å². The van der Waals surface area contributed by atoms with Crippen molar-refractivity contribution in [3.8, 4) is 0 Å². The first-order chi connectivity index (χ1) is 14.0. The normalized spacial score (nSPS) is 50.6. The molecule has 4 fully saturated rings. The Labute approximate surface area is 176 Å². The monoisotopic (exact) mass is 414 g/mol. The van der Waals surface area contributed by atoms with Gasteiger partial charge in [0.1, 0.15) is 5.60 Å². The molecule has 4 saturated carbocycles. The number of hydrogen-bond acceptors (Lipinski definition) is 6. The zero-order valence-corrected chi connectivity index (χ0v) is 17.8. The van der Waals surface area contributed by atoms with Crippen molar-refractivity contribution in [3.05, 3.63) is 23.8 Å². The van der Waals surface area contributed by atoms with Crippen molar-refractivity contribution < 1.29 is 29.3 Å². The maximum absolute atomic E-state index is 13.1. The van der Waals surface area contributed by atoms with E-state index in [1.165, 1.54) is 6.92 Å². The molecule has 5 aliphatic carbocycles. The van der Waals surface area contributed by atoms with Gasteiger partial charge in [-0.05, 0) is 61.5 Å². The fourth-order valence-corrected chi connectivity index (χ4v) is 8.13. The summed E-state index contributed by atoms with van der Waals surface area (Å²) in [6.45, 7) is 4.89. The summed E-state index contributed by atoms with van der Waals surface area (Å²) in [5, 5.41) is 23.1. The lowest BCUT2D eigenvalue weighted by Crippen LogP contribution is -2.63. The summed E-state index contributed by atoms with van der Waals surface area (Å²) in [5.41, 5.74) is -1.60. The van der Waals surface area contributed by atoms with Crippen LogP contribution in [0.3, 0.4) is 0 Å². The van der Waals surface area contributed by atoms with Gasteiger partial charge in [-0.25, -0.2) is 0 Å². The van der Waals surface area contributed by atoms with Crippen molar-refractivity contribution in [2.45, 2.75) is 58.2 Å². The number of hydrogen-bond donors (Lipinski definition) is 2. The van der Waals surface area contributed by atoms with Crippen LogP contribution in [0.25, 0.3) is 0 Å². The van der Waals surface area contributed by atoms with Crippen molar-refractivity contribution in [1.29, 1.82) is 0 Å². The highest BCUT2D eigenvalue weighted by molar-refractivity contribution is 6.01. The van der Waals surface area contributed by atoms with Crippen molar-refractivity contribution in [2.75, 3.05) is 6.61 Å². The van der Waals surface area contributed by atoms with Crippen LogP contribution in [0, 0.1) is 40.4 Å². The number of aliphatic hydroxyl groups is 2. The maximum Gasteiger partial charge on any atom is 0.303 e. The lowest BCUT2D eigenvalue weighted by Gasteiger charge is -2.60. The summed E-state index contributed by atoms with van der Waals surface area (Å²) < 4.78 is 4.94. The molecule has 6 nitrogen and oxygen atoms in total. The fourth-order valence-electron chi connectivity index (χ4n) is 8.13. The van der Waals surface area contributed by atoms with Gasteiger partial charge in [0.05, 0.1) is 6.10 Å². The fraction of sp³-hybridized carbons (Fsp3) is 0.708. The number of ether oxygens (including phenoxy) is 1. The van der Waals surface area contributed by atoms with Crippen LogP contribution in [0.1, 0.15) is 46.5 Å². The maximum atomic E-state index is 13.1. The molecule has 0 bridgehead atoms. The molecule has 30 heavy (non-hydrogen) atoms. The van der Waals surface area contributed by atoms with Crippen molar-refractivity contribution >= 4 is 17.5 Å². The Balaban J connectivity index is 1.52. The highest BCUT2D eigenvalue weighted by Gasteiger charge is 2.79. The van der Waals surface area contributed by atoms with Crippen LogP contribution in [0.5, 0.6) is 0 Å². The van der Waals surface area contributed by atoms with E-state index in [1.54, 1.807) is 12.2 Å². The molecule has 2 N–H and O–H groups in total. The highest BCUT2D eigenvalue weighted by atomic mass is 16.5. The summed E-state index contributed by atoms with van der Waals surface area (Å²) in [6, 6.07) is 0. The number of fused-ring (bicyclic) bond motifs is 7. The number of carbonyl (C=O) groups is 3. The lowest BCUT2D eigenvalue weighted by atomic mass is 9.45. The molecule has 0 saturated heterocycles. The topological polar surface area (TPSA) is 101 Å². The molecule has 0 unspecified atom stereocenters. The molecule has 9 atom stereocenters. The second-order valence-corrected chi connectivity index (χ2v) is 10.6. The number of carbonyl (C=O) groups excluding carboxylic acids is 3. The minimum absolute atomic E-state index is 0.00429. The van der Waals surface area contributed by atoms with Gasteiger partial charge in [0.2, 0.25) is 5.78 Å². The molecule has 0 aromatic heterocycles. The molecule has 0 radical (unpaired) electrons. The first-order valence-electron chi connectivity index (χ1n) is 11.1. The Morgan fingerprint density at radius 3 is 2.67 bits per heavy atom. The van der Waals surface area contributed by atoms with E-state index in [9.17, 15) is 24.6 Å². The minimum atomic E-state index is -1.57. The first-order valence-corrected chi connectivity index (χ1v) is 11.1. The lowest BCUT2D eigenvalue weighted by molar-refractivity contribution is -0.190.